The number of anilines is 1. The average Bonchev–Trinajstić information content (AvgIpc) is 2.55. The maximum Gasteiger partial charge on any atom is 0.322 e. The number of nitrogens with zero attached hydrogens (tertiary/aromatic N) is 2. The molecule has 2 aromatic rings. The highest BCUT2D eigenvalue weighted by Gasteiger charge is 2.32. The maximum absolute atomic E-state index is 12.3. The van der Waals surface area contributed by atoms with E-state index in [0.717, 1.165) is 11.4 Å². The molecule has 1 N–H and O–H groups in total. The van der Waals surface area contributed by atoms with Gasteiger partial charge < -0.3 is 19.5 Å². The number of carbonyl (C=O) groups is 1. The van der Waals surface area contributed by atoms with Gasteiger partial charge in [0.05, 0.1) is 13.1 Å². The lowest BCUT2D eigenvalue weighted by molar-refractivity contribution is 0.0490. The second-order valence-corrected chi connectivity index (χ2v) is 8.13. The number of carbonyl (C=O) groups excluding carboxylic acids is 1. The third kappa shape index (κ3) is 4.32. The second-order valence-electron chi connectivity index (χ2n) is 8.13. The first kappa shape index (κ1) is 19.0. The predicted molar refractivity (Wildman–Crippen MR) is 107 cm³/mol. The molecule has 1 aromatic carbocycles. The Balaban J connectivity index is 1.52. The topological polar surface area (TPSA) is 63.6 Å². The Bertz CT molecular complexity index is 888. The van der Waals surface area contributed by atoms with Gasteiger partial charge in [-0.25, -0.2) is 4.79 Å². The van der Waals surface area contributed by atoms with E-state index in [-0.39, 0.29) is 23.1 Å². The number of hydrogen-bond acceptors (Lipinski definition) is 3. The first-order valence-corrected chi connectivity index (χ1v) is 9.14. The van der Waals surface area contributed by atoms with Crippen LogP contribution in [0.3, 0.4) is 0 Å². The number of nitrogens with one attached hydrogen (secondary N) is 1. The molecule has 2 amide bonds. The highest BCUT2D eigenvalue weighted by molar-refractivity contribution is 5.89. The SMILES string of the molecule is Cc1cc(OC2CN(C(=O)Nc3ccc(C(C)(C)C)cc3)C2)cc(=O)n1C. The second kappa shape index (κ2) is 7.10. The Morgan fingerprint density at radius 3 is 2.33 bits per heavy atom. The van der Waals surface area contributed by atoms with Crippen molar-refractivity contribution in [2.45, 2.75) is 39.2 Å². The van der Waals surface area contributed by atoms with E-state index in [1.165, 1.54) is 11.6 Å². The minimum atomic E-state index is -0.140. The predicted octanol–water partition coefficient (Wildman–Crippen LogP) is 3.29. The van der Waals surface area contributed by atoms with Crippen molar-refractivity contribution in [1.29, 1.82) is 0 Å². The van der Waals surface area contributed by atoms with Crippen molar-refractivity contribution in [3.05, 3.63) is 58.0 Å². The molecule has 1 fully saturated rings. The standard InChI is InChI=1S/C21H27N3O3/c1-14-10-17(11-19(25)23(14)5)27-18-12-24(13-18)20(26)22-16-8-6-15(7-9-16)21(2,3)4/h6-11,18H,12-13H2,1-5H3,(H,22,26). The molecule has 6 nitrogen and oxygen atoms in total. The molecule has 1 aliphatic rings. The molecule has 6 heteroatoms. The van der Waals surface area contributed by atoms with Crippen molar-refractivity contribution in [1.82, 2.24) is 9.47 Å². The van der Waals surface area contributed by atoms with Crippen LogP contribution >= 0.6 is 0 Å². The van der Waals surface area contributed by atoms with E-state index in [0.29, 0.717) is 18.8 Å². The van der Waals surface area contributed by atoms with Crippen molar-refractivity contribution >= 4 is 11.7 Å². The molecule has 2 heterocycles. The summed E-state index contributed by atoms with van der Waals surface area (Å²) in [4.78, 5) is 25.8. The number of pyridine rings is 1. The molecular weight excluding hydrogens is 342 g/mol. The minimum Gasteiger partial charge on any atom is -0.486 e. The molecule has 1 saturated heterocycles. The van der Waals surface area contributed by atoms with Gasteiger partial charge in [0.1, 0.15) is 11.9 Å². The lowest BCUT2D eigenvalue weighted by Gasteiger charge is -2.38. The molecule has 0 unspecified atom stereocenters. The van der Waals surface area contributed by atoms with Gasteiger partial charge in [-0.05, 0) is 36.1 Å². The minimum absolute atomic E-state index is 0.0847. The maximum atomic E-state index is 12.3. The molecule has 0 bridgehead atoms. The zero-order valence-corrected chi connectivity index (χ0v) is 16.6. The van der Waals surface area contributed by atoms with Gasteiger partial charge in [-0.15, -0.1) is 0 Å². The fourth-order valence-corrected chi connectivity index (χ4v) is 2.93. The Kier molecular flexibility index (Phi) is 5.00. The molecule has 0 aliphatic carbocycles. The van der Waals surface area contributed by atoms with Crippen LogP contribution in [0, 0.1) is 6.92 Å². The molecule has 1 aromatic heterocycles. The van der Waals surface area contributed by atoms with E-state index in [1.54, 1.807) is 16.5 Å². The first-order chi connectivity index (χ1) is 12.6. The van der Waals surface area contributed by atoms with Crippen molar-refractivity contribution in [3.8, 4) is 5.75 Å². The summed E-state index contributed by atoms with van der Waals surface area (Å²) >= 11 is 0. The van der Waals surface area contributed by atoms with E-state index >= 15 is 0 Å². The van der Waals surface area contributed by atoms with Crippen LogP contribution in [0.15, 0.2) is 41.2 Å². The summed E-state index contributed by atoms with van der Waals surface area (Å²) in [5, 5.41) is 2.91. The number of benzene rings is 1. The molecule has 1 aliphatic heterocycles. The number of amides is 2. The zero-order chi connectivity index (χ0) is 19.8. The molecule has 27 heavy (non-hydrogen) atoms. The molecule has 0 saturated carbocycles. The number of aromatic nitrogens is 1. The van der Waals surface area contributed by atoms with Gasteiger partial charge in [-0.3, -0.25) is 4.79 Å². The van der Waals surface area contributed by atoms with Crippen molar-refractivity contribution in [2.24, 2.45) is 7.05 Å². The van der Waals surface area contributed by atoms with Crippen LogP contribution in [0.5, 0.6) is 5.75 Å². The Hall–Kier alpha value is -2.76. The molecule has 0 radical (unpaired) electrons. The van der Waals surface area contributed by atoms with Gasteiger partial charge in [0.25, 0.3) is 5.56 Å². The average molecular weight is 369 g/mol. The van der Waals surface area contributed by atoms with Crippen molar-refractivity contribution in [2.75, 3.05) is 18.4 Å². The van der Waals surface area contributed by atoms with Gasteiger partial charge in [-0.1, -0.05) is 32.9 Å². The summed E-state index contributed by atoms with van der Waals surface area (Å²) in [6, 6.07) is 11.1. The van der Waals surface area contributed by atoms with E-state index in [1.807, 2.05) is 37.3 Å². The summed E-state index contributed by atoms with van der Waals surface area (Å²) < 4.78 is 7.38. The van der Waals surface area contributed by atoms with Crippen LogP contribution in [0.1, 0.15) is 32.0 Å². The normalized spacial score (nSPS) is 14.6. The van der Waals surface area contributed by atoms with Gasteiger partial charge >= 0.3 is 6.03 Å². The molecule has 0 atom stereocenters. The lowest BCUT2D eigenvalue weighted by Crippen LogP contribution is -2.57. The van der Waals surface area contributed by atoms with E-state index in [2.05, 4.69) is 26.1 Å². The van der Waals surface area contributed by atoms with Gasteiger partial charge in [0.2, 0.25) is 0 Å². The molecule has 3 rings (SSSR count). The zero-order valence-electron chi connectivity index (χ0n) is 16.6. The molecule has 144 valence electrons. The van der Waals surface area contributed by atoms with Crippen molar-refractivity contribution in [3.63, 3.8) is 0 Å². The largest absolute Gasteiger partial charge is 0.486 e. The monoisotopic (exact) mass is 369 g/mol. The third-order valence-electron chi connectivity index (χ3n) is 4.92. The van der Waals surface area contributed by atoms with Crippen LogP contribution in [0.25, 0.3) is 0 Å². The van der Waals surface area contributed by atoms with Crippen LogP contribution in [0.2, 0.25) is 0 Å². The molecular formula is C21H27N3O3. The van der Waals surface area contributed by atoms with Crippen LogP contribution in [0.4, 0.5) is 10.5 Å². The summed E-state index contributed by atoms with van der Waals surface area (Å²) in [5.41, 5.74) is 2.82. The highest BCUT2D eigenvalue weighted by Crippen LogP contribution is 2.24. The molecule has 0 spiro atoms. The van der Waals surface area contributed by atoms with E-state index in [4.69, 9.17) is 4.74 Å². The van der Waals surface area contributed by atoms with Crippen LogP contribution in [-0.2, 0) is 12.5 Å². The Labute approximate surface area is 159 Å². The van der Waals surface area contributed by atoms with Crippen LogP contribution < -0.4 is 15.6 Å². The summed E-state index contributed by atoms with van der Waals surface area (Å²) in [6.45, 7) is 9.33. The smallest absolute Gasteiger partial charge is 0.322 e. The third-order valence-corrected chi connectivity index (χ3v) is 4.92. The number of aryl methyl sites for hydroxylation is 1. The lowest BCUT2D eigenvalue weighted by atomic mass is 9.87. The van der Waals surface area contributed by atoms with Gasteiger partial charge in [0.15, 0.2) is 0 Å². The number of likely N-dealkylation sites (tertiary alicyclic amines) is 1. The quantitative estimate of drug-likeness (QED) is 0.903. The first-order valence-electron chi connectivity index (χ1n) is 9.14. The van der Waals surface area contributed by atoms with Crippen molar-refractivity contribution < 1.29 is 9.53 Å². The van der Waals surface area contributed by atoms with Gasteiger partial charge in [-0.2, -0.15) is 0 Å². The highest BCUT2D eigenvalue weighted by atomic mass is 16.5. The Morgan fingerprint density at radius 2 is 1.78 bits per heavy atom. The number of hydrogen-bond donors (Lipinski definition) is 1. The number of urea groups is 1. The summed E-state index contributed by atoms with van der Waals surface area (Å²) in [7, 11) is 1.73. The summed E-state index contributed by atoms with van der Waals surface area (Å²) in [5.74, 6) is 0.554. The Morgan fingerprint density at radius 1 is 1.15 bits per heavy atom. The number of ether oxygens (including phenoxy) is 1. The van der Waals surface area contributed by atoms with E-state index in [9.17, 15) is 9.59 Å². The van der Waals surface area contributed by atoms with E-state index < -0.39 is 0 Å². The van der Waals surface area contributed by atoms with Crippen LogP contribution in [-0.4, -0.2) is 34.7 Å². The van der Waals surface area contributed by atoms with Gasteiger partial charge in [0, 0.05) is 24.5 Å². The number of rotatable bonds is 3. The fourth-order valence-electron chi connectivity index (χ4n) is 2.93. The summed E-state index contributed by atoms with van der Waals surface area (Å²) in [6.07, 6.45) is -0.0921. The fraction of sp³-hybridized carbons (Fsp3) is 0.429.